The van der Waals surface area contributed by atoms with Gasteiger partial charge in [0.25, 0.3) is 0 Å². The van der Waals surface area contributed by atoms with E-state index in [0.29, 0.717) is 18.5 Å². The molecule has 0 spiro atoms. The van der Waals surface area contributed by atoms with Crippen LogP contribution in [0.1, 0.15) is 44.1 Å². The molecule has 1 fully saturated rings. The summed E-state index contributed by atoms with van der Waals surface area (Å²) >= 11 is 5.90. The third-order valence-corrected chi connectivity index (χ3v) is 4.48. The molecule has 122 valence electrons. The zero-order valence-electron chi connectivity index (χ0n) is 13.3. The average molecular weight is 331 g/mol. The van der Waals surface area contributed by atoms with Crippen molar-refractivity contribution in [1.29, 1.82) is 0 Å². The number of hydrogen-bond donors (Lipinski definition) is 2. The smallest absolute Gasteiger partial charge is 0.224 e. The van der Waals surface area contributed by atoms with E-state index in [2.05, 4.69) is 20.6 Å². The summed E-state index contributed by atoms with van der Waals surface area (Å²) < 4.78 is 0. The second kappa shape index (κ2) is 8.16. The van der Waals surface area contributed by atoms with Crippen LogP contribution in [0.4, 0.5) is 11.8 Å². The van der Waals surface area contributed by atoms with Crippen molar-refractivity contribution in [3.63, 3.8) is 0 Å². The minimum atomic E-state index is 0.538. The van der Waals surface area contributed by atoms with Crippen LogP contribution in [0.25, 0.3) is 0 Å². The first-order valence-corrected chi connectivity index (χ1v) is 8.75. The molecule has 23 heavy (non-hydrogen) atoms. The first-order chi connectivity index (χ1) is 11.3. The molecule has 1 aromatic heterocycles. The number of hydrogen-bond acceptors (Lipinski definition) is 4. The minimum absolute atomic E-state index is 0.538. The van der Waals surface area contributed by atoms with Gasteiger partial charge in [0.15, 0.2) is 0 Å². The van der Waals surface area contributed by atoms with Gasteiger partial charge in [-0.3, -0.25) is 0 Å². The van der Waals surface area contributed by atoms with E-state index in [0.717, 1.165) is 16.4 Å². The Balaban J connectivity index is 1.57. The summed E-state index contributed by atoms with van der Waals surface area (Å²) in [5.41, 5.74) is 1.15. The van der Waals surface area contributed by atoms with Crippen LogP contribution in [0.2, 0.25) is 5.02 Å². The predicted octanol–water partition coefficient (Wildman–Crippen LogP) is 4.88. The summed E-state index contributed by atoms with van der Waals surface area (Å²) in [6.45, 7) is 0.685. The van der Waals surface area contributed by atoms with E-state index in [-0.39, 0.29) is 0 Å². The van der Waals surface area contributed by atoms with Gasteiger partial charge in [0.05, 0.1) is 0 Å². The number of benzene rings is 1. The van der Waals surface area contributed by atoms with Crippen LogP contribution < -0.4 is 10.6 Å². The maximum absolute atomic E-state index is 5.90. The third kappa shape index (κ3) is 5.10. The fourth-order valence-electron chi connectivity index (χ4n) is 2.94. The lowest BCUT2D eigenvalue weighted by Gasteiger charge is -2.17. The highest BCUT2D eigenvalue weighted by Gasteiger charge is 2.12. The molecule has 4 nitrogen and oxygen atoms in total. The monoisotopic (exact) mass is 330 g/mol. The van der Waals surface area contributed by atoms with Crippen molar-refractivity contribution in [2.45, 2.75) is 51.1 Å². The van der Waals surface area contributed by atoms with Gasteiger partial charge in [-0.25, -0.2) is 4.98 Å². The maximum atomic E-state index is 5.90. The fraction of sp³-hybridized carbons (Fsp3) is 0.444. The van der Waals surface area contributed by atoms with Gasteiger partial charge < -0.3 is 10.6 Å². The molecule has 0 unspecified atom stereocenters. The molecule has 2 aromatic rings. The average Bonchev–Trinajstić information content (AvgIpc) is 2.83. The number of anilines is 2. The molecule has 0 aliphatic heterocycles. The first kappa shape index (κ1) is 16.1. The summed E-state index contributed by atoms with van der Waals surface area (Å²) in [6.07, 6.45) is 9.60. The molecule has 1 aromatic carbocycles. The van der Waals surface area contributed by atoms with Crippen LogP contribution in [0.3, 0.4) is 0 Å². The van der Waals surface area contributed by atoms with E-state index in [1.54, 1.807) is 6.20 Å². The maximum Gasteiger partial charge on any atom is 0.224 e. The van der Waals surface area contributed by atoms with Crippen LogP contribution in [0.15, 0.2) is 36.5 Å². The molecular formula is C18H23ClN4. The van der Waals surface area contributed by atoms with Gasteiger partial charge in [-0.15, -0.1) is 0 Å². The lowest BCUT2D eigenvalue weighted by Crippen LogP contribution is -2.19. The summed E-state index contributed by atoms with van der Waals surface area (Å²) in [4.78, 5) is 8.87. The van der Waals surface area contributed by atoms with Gasteiger partial charge in [0, 0.05) is 23.8 Å². The third-order valence-electron chi connectivity index (χ3n) is 4.23. The summed E-state index contributed by atoms with van der Waals surface area (Å²) in [6, 6.07) is 10.3. The number of rotatable bonds is 5. The highest BCUT2D eigenvalue weighted by molar-refractivity contribution is 6.30. The topological polar surface area (TPSA) is 49.8 Å². The Morgan fingerprint density at radius 2 is 1.74 bits per heavy atom. The number of halogens is 1. The van der Waals surface area contributed by atoms with Crippen molar-refractivity contribution in [2.24, 2.45) is 0 Å². The van der Waals surface area contributed by atoms with E-state index < -0.39 is 0 Å². The first-order valence-electron chi connectivity index (χ1n) is 8.37. The van der Waals surface area contributed by atoms with Crippen LogP contribution in [-0.4, -0.2) is 16.0 Å². The molecule has 0 atom stereocenters. The highest BCUT2D eigenvalue weighted by Crippen LogP contribution is 2.20. The molecule has 0 saturated heterocycles. The molecule has 1 aliphatic rings. The highest BCUT2D eigenvalue weighted by atomic mass is 35.5. The summed E-state index contributed by atoms with van der Waals surface area (Å²) in [5, 5.41) is 7.57. The zero-order valence-corrected chi connectivity index (χ0v) is 14.0. The molecular weight excluding hydrogens is 308 g/mol. The van der Waals surface area contributed by atoms with Crippen LogP contribution in [-0.2, 0) is 6.54 Å². The largest absolute Gasteiger partial charge is 0.367 e. The normalized spacial score (nSPS) is 15.9. The van der Waals surface area contributed by atoms with E-state index >= 15 is 0 Å². The van der Waals surface area contributed by atoms with Crippen molar-refractivity contribution in [3.05, 3.63) is 47.1 Å². The molecule has 5 heteroatoms. The Morgan fingerprint density at radius 1 is 1.00 bits per heavy atom. The Hall–Kier alpha value is -1.81. The van der Waals surface area contributed by atoms with Gasteiger partial charge >= 0.3 is 0 Å². The van der Waals surface area contributed by atoms with Gasteiger partial charge in [0.1, 0.15) is 5.82 Å². The Kier molecular flexibility index (Phi) is 5.70. The van der Waals surface area contributed by atoms with E-state index in [4.69, 9.17) is 11.6 Å². The Labute approximate surface area is 142 Å². The van der Waals surface area contributed by atoms with Crippen molar-refractivity contribution in [3.8, 4) is 0 Å². The van der Waals surface area contributed by atoms with Gasteiger partial charge in [0.2, 0.25) is 5.95 Å². The molecule has 1 aliphatic carbocycles. The summed E-state index contributed by atoms with van der Waals surface area (Å²) in [7, 11) is 0. The quantitative estimate of drug-likeness (QED) is 0.767. The van der Waals surface area contributed by atoms with E-state index in [9.17, 15) is 0 Å². The van der Waals surface area contributed by atoms with Crippen LogP contribution in [0, 0.1) is 0 Å². The minimum Gasteiger partial charge on any atom is -0.367 e. The zero-order chi connectivity index (χ0) is 15.9. The van der Waals surface area contributed by atoms with Crippen molar-refractivity contribution < 1.29 is 0 Å². The van der Waals surface area contributed by atoms with E-state index in [1.807, 2.05) is 30.3 Å². The van der Waals surface area contributed by atoms with Gasteiger partial charge in [-0.1, -0.05) is 49.4 Å². The molecule has 1 saturated carbocycles. The molecule has 3 rings (SSSR count). The van der Waals surface area contributed by atoms with Crippen molar-refractivity contribution in [1.82, 2.24) is 9.97 Å². The number of nitrogens with one attached hydrogen (secondary N) is 2. The molecule has 0 amide bonds. The Morgan fingerprint density at radius 3 is 2.48 bits per heavy atom. The van der Waals surface area contributed by atoms with Crippen LogP contribution >= 0.6 is 11.6 Å². The lowest BCUT2D eigenvalue weighted by molar-refractivity contribution is 0.617. The predicted molar refractivity (Wildman–Crippen MR) is 95.9 cm³/mol. The van der Waals surface area contributed by atoms with Crippen molar-refractivity contribution >= 4 is 23.4 Å². The van der Waals surface area contributed by atoms with Gasteiger partial charge in [-0.2, -0.15) is 4.98 Å². The fourth-order valence-corrected chi connectivity index (χ4v) is 3.07. The molecule has 1 heterocycles. The van der Waals surface area contributed by atoms with E-state index in [1.165, 1.54) is 38.5 Å². The van der Waals surface area contributed by atoms with Crippen LogP contribution in [0.5, 0.6) is 0 Å². The Bertz CT molecular complexity index is 607. The summed E-state index contributed by atoms with van der Waals surface area (Å²) in [5.74, 6) is 1.56. The SMILES string of the molecule is Clc1ccc(CNc2nccc(NC3CCCCCC3)n2)cc1. The molecule has 0 bridgehead atoms. The number of aromatic nitrogens is 2. The van der Waals surface area contributed by atoms with Crippen molar-refractivity contribution in [2.75, 3.05) is 10.6 Å². The second-order valence-corrected chi connectivity index (χ2v) is 6.51. The van der Waals surface area contributed by atoms with Gasteiger partial charge in [-0.05, 0) is 36.6 Å². The number of nitrogens with zero attached hydrogens (tertiary/aromatic N) is 2. The second-order valence-electron chi connectivity index (χ2n) is 6.08. The lowest BCUT2D eigenvalue weighted by atomic mass is 10.1. The molecule has 2 N–H and O–H groups in total. The molecule has 0 radical (unpaired) electrons. The standard InChI is InChI=1S/C18H23ClN4/c19-15-9-7-14(8-10-15)13-21-18-20-12-11-17(23-18)22-16-5-3-1-2-4-6-16/h7-12,16H,1-6,13H2,(H2,20,21,22,23).